The van der Waals surface area contributed by atoms with Crippen LogP contribution in [0.25, 0.3) is 0 Å². The maximum atomic E-state index is 10.2. The first kappa shape index (κ1) is 6.51. The van der Waals surface area contributed by atoms with Crippen LogP contribution >= 0.6 is 0 Å². The Morgan fingerprint density at radius 1 is 1.67 bits per heavy atom. The normalized spacial score (nSPS) is 25.1. The summed E-state index contributed by atoms with van der Waals surface area (Å²) in [7, 11) is 1.76. The summed E-state index contributed by atoms with van der Waals surface area (Å²) in [6.45, 7) is 0.477. The average molecular weight is 131 g/mol. The van der Waals surface area contributed by atoms with E-state index in [1.54, 1.807) is 11.9 Å². The smallest absolute Gasteiger partial charge is 0.338 e. The highest BCUT2D eigenvalue weighted by Gasteiger charge is 2.46. The van der Waals surface area contributed by atoms with Crippen LogP contribution in [0.4, 0.5) is 0 Å². The van der Waals surface area contributed by atoms with Gasteiger partial charge >= 0.3 is 5.97 Å². The summed E-state index contributed by atoms with van der Waals surface area (Å²) < 4.78 is 0. The molecule has 0 aliphatic carbocycles. The summed E-state index contributed by atoms with van der Waals surface area (Å²) in [5, 5.41) is 17.4. The Kier molecular flexibility index (Phi) is 1.22. The third-order valence-corrected chi connectivity index (χ3v) is 1.46. The Labute approximate surface area is 52.7 Å². The molecule has 0 atom stereocenters. The maximum Gasteiger partial charge on any atom is 0.338 e. The highest BCUT2D eigenvalue weighted by atomic mass is 16.4. The molecule has 0 unspecified atom stereocenters. The Morgan fingerprint density at radius 3 is 2.22 bits per heavy atom. The van der Waals surface area contributed by atoms with Crippen LogP contribution < -0.4 is 0 Å². The van der Waals surface area contributed by atoms with Crippen LogP contribution in [0.5, 0.6) is 0 Å². The molecule has 1 fully saturated rings. The number of aliphatic carboxylic acids is 1. The number of carboxylic acids is 1. The van der Waals surface area contributed by atoms with Gasteiger partial charge in [-0.05, 0) is 7.05 Å². The number of carboxylic acid groups (broad SMARTS) is 1. The molecular formula is C5H9NO3. The van der Waals surface area contributed by atoms with Gasteiger partial charge in [-0.2, -0.15) is 0 Å². The third-order valence-electron chi connectivity index (χ3n) is 1.46. The van der Waals surface area contributed by atoms with Gasteiger partial charge in [0.15, 0.2) is 5.60 Å². The molecule has 52 valence electrons. The number of rotatable bonds is 1. The summed E-state index contributed by atoms with van der Waals surface area (Å²) in [5.74, 6) is -1.12. The van der Waals surface area contributed by atoms with Gasteiger partial charge in [-0.3, -0.25) is 4.90 Å². The molecule has 1 heterocycles. The molecule has 2 N–H and O–H groups in total. The van der Waals surface area contributed by atoms with Gasteiger partial charge in [0.25, 0.3) is 0 Å². The van der Waals surface area contributed by atoms with E-state index in [2.05, 4.69) is 0 Å². The largest absolute Gasteiger partial charge is 0.479 e. The van der Waals surface area contributed by atoms with Crippen LogP contribution in [0.3, 0.4) is 0 Å². The van der Waals surface area contributed by atoms with E-state index in [0.717, 1.165) is 0 Å². The molecule has 0 saturated carbocycles. The molecule has 0 bridgehead atoms. The Hall–Kier alpha value is -0.610. The molecule has 1 saturated heterocycles. The van der Waals surface area contributed by atoms with Crippen molar-refractivity contribution in [1.29, 1.82) is 0 Å². The lowest BCUT2D eigenvalue weighted by atomic mass is 9.96. The van der Waals surface area contributed by atoms with Crippen molar-refractivity contribution in [3.8, 4) is 0 Å². The molecule has 0 spiro atoms. The fraction of sp³-hybridized carbons (Fsp3) is 0.800. The summed E-state index contributed by atoms with van der Waals surface area (Å²) in [4.78, 5) is 11.9. The molecule has 1 rings (SSSR count). The molecule has 0 aromatic carbocycles. The van der Waals surface area contributed by atoms with Crippen molar-refractivity contribution < 1.29 is 15.0 Å². The minimum absolute atomic E-state index is 0.238. The van der Waals surface area contributed by atoms with Crippen molar-refractivity contribution in [3.05, 3.63) is 0 Å². The molecule has 1 aliphatic heterocycles. The highest BCUT2D eigenvalue weighted by Crippen LogP contribution is 2.17. The number of β-amino-alcohol motifs (C(OH)–C–C–N with tert-alkyl or cyclic N) is 1. The third kappa shape index (κ3) is 0.906. The molecule has 4 heteroatoms. The number of likely N-dealkylation sites (tertiary alicyclic amines) is 1. The SMILES string of the molecule is CN1CC(O)(C(=O)O)C1. The van der Waals surface area contributed by atoms with Crippen molar-refractivity contribution in [1.82, 2.24) is 4.90 Å². The monoisotopic (exact) mass is 131 g/mol. The second kappa shape index (κ2) is 1.68. The highest BCUT2D eigenvalue weighted by molar-refractivity contribution is 5.79. The molecule has 1 aliphatic rings. The van der Waals surface area contributed by atoms with Crippen LogP contribution in [0.2, 0.25) is 0 Å². The van der Waals surface area contributed by atoms with Gasteiger partial charge in [0, 0.05) is 13.1 Å². The molecule has 4 nitrogen and oxygen atoms in total. The van der Waals surface area contributed by atoms with Gasteiger partial charge in [0.1, 0.15) is 0 Å². The lowest BCUT2D eigenvalue weighted by Crippen LogP contribution is -2.64. The van der Waals surface area contributed by atoms with E-state index < -0.39 is 11.6 Å². The zero-order valence-electron chi connectivity index (χ0n) is 5.16. The lowest BCUT2D eigenvalue weighted by Gasteiger charge is -2.40. The van der Waals surface area contributed by atoms with Crippen LogP contribution in [0, 0.1) is 0 Å². The van der Waals surface area contributed by atoms with Gasteiger partial charge in [-0.1, -0.05) is 0 Å². The fourth-order valence-corrected chi connectivity index (χ4v) is 0.982. The van der Waals surface area contributed by atoms with E-state index in [-0.39, 0.29) is 13.1 Å². The Morgan fingerprint density at radius 2 is 2.11 bits per heavy atom. The molecule has 0 amide bonds. The van der Waals surface area contributed by atoms with Crippen LogP contribution in [0.15, 0.2) is 0 Å². The Bertz CT molecular complexity index is 139. The van der Waals surface area contributed by atoms with Gasteiger partial charge in [0.05, 0.1) is 0 Å². The quantitative estimate of drug-likeness (QED) is 0.466. The number of carbonyl (C=O) groups is 1. The summed E-state index contributed by atoms with van der Waals surface area (Å²) in [5.41, 5.74) is -1.46. The second-order valence-electron chi connectivity index (χ2n) is 2.51. The molecule has 0 radical (unpaired) electrons. The zero-order chi connectivity index (χ0) is 7.07. The minimum Gasteiger partial charge on any atom is -0.479 e. The topological polar surface area (TPSA) is 60.8 Å². The standard InChI is InChI=1S/C5H9NO3/c1-6-2-5(9,3-6)4(7)8/h9H,2-3H2,1H3,(H,7,8). The first-order valence-electron chi connectivity index (χ1n) is 2.69. The van der Waals surface area contributed by atoms with Gasteiger partial charge < -0.3 is 10.2 Å². The number of aliphatic hydroxyl groups is 1. The van der Waals surface area contributed by atoms with E-state index in [0.29, 0.717) is 0 Å². The van der Waals surface area contributed by atoms with Crippen molar-refractivity contribution in [2.24, 2.45) is 0 Å². The van der Waals surface area contributed by atoms with Crippen LogP contribution in [-0.4, -0.2) is 46.8 Å². The van der Waals surface area contributed by atoms with Crippen molar-refractivity contribution in [2.75, 3.05) is 20.1 Å². The lowest BCUT2D eigenvalue weighted by molar-refractivity contribution is -0.175. The van der Waals surface area contributed by atoms with Gasteiger partial charge in [0.2, 0.25) is 0 Å². The van der Waals surface area contributed by atoms with Gasteiger partial charge in [-0.25, -0.2) is 4.79 Å². The number of likely N-dealkylation sites (N-methyl/N-ethyl adjacent to an activating group) is 1. The second-order valence-corrected chi connectivity index (χ2v) is 2.51. The molecular weight excluding hydrogens is 122 g/mol. The average Bonchev–Trinajstić information content (AvgIpc) is 1.62. The predicted octanol–water partition coefficient (Wildman–Crippen LogP) is -1.25. The molecule has 0 aromatic rings. The molecule has 0 aromatic heterocycles. The first-order valence-corrected chi connectivity index (χ1v) is 2.69. The fourth-order valence-electron chi connectivity index (χ4n) is 0.982. The first-order chi connectivity index (χ1) is 4.04. The van der Waals surface area contributed by atoms with E-state index in [1.807, 2.05) is 0 Å². The number of nitrogens with zero attached hydrogens (tertiary/aromatic N) is 1. The van der Waals surface area contributed by atoms with Gasteiger partial charge in [-0.15, -0.1) is 0 Å². The summed E-state index contributed by atoms with van der Waals surface area (Å²) in [6, 6.07) is 0. The van der Waals surface area contributed by atoms with E-state index in [1.165, 1.54) is 0 Å². The van der Waals surface area contributed by atoms with E-state index in [9.17, 15) is 4.79 Å². The zero-order valence-corrected chi connectivity index (χ0v) is 5.16. The van der Waals surface area contributed by atoms with Crippen molar-refractivity contribution >= 4 is 5.97 Å². The maximum absolute atomic E-state index is 10.2. The number of hydrogen-bond acceptors (Lipinski definition) is 3. The molecule has 9 heavy (non-hydrogen) atoms. The van der Waals surface area contributed by atoms with Crippen molar-refractivity contribution in [2.45, 2.75) is 5.60 Å². The van der Waals surface area contributed by atoms with Crippen molar-refractivity contribution in [3.63, 3.8) is 0 Å². The van der Waals surface area contributed by atoms with Crippen LogP contribution in [0.1, 0.15) is 0 Å². The number of hydrogen-bond donors (Lipinski definition) is 2. The minimum atomic E-state index is -1.46. The predicted molar refractivity (Wildman–Crippen MR) is 30.1 cm³/mol. The van der Waals surface area contributed by atoms with E-state index >= 15 is 0 Å². The van der Waals surface area contributed by atoms with E-state index in [4.69, 9.17) is 10.2 Å². The van der Waals surface area contributed by atoms with Crippen LogP contribution in [-0.2, 0) is 4.79 Å². The Balaban J connectivity index is 2.50. The summed E-state index contributed by atoms with van der Waals surface area (Å²) >= 11 is 0. The summed E-state index contributed by atoms with van der Waals surface area (Å²) in [6.07, 6.45) is 0.